The predicted molar refractivity (Wildman–Crippen MR) is 117 cm³/mol. The predicted octanol–water partition coefficient (Wildman–Crippen LogP) is 5.03. The van der Waals surface area contributed by atoms with Crippen LogP contribution in [0.15, 0.2) is 71.6 Å². The van der Waals surface area contributed by atoms with Crippen molar-refractivity contribution in [3.63, 3.8) is 0 Å². The van der Waals surface area contributed by atoms with E-state index < -0.39 is 10.0 Å². The lowest BCUT2D eigenvalue weighted by molar-refractivity contribution is 0.102. The van der Waals surface area contributed by atoms with Crippen molar-refractivity contribution in [3.8, 4) is 0 Å². The first-order chi connectivity index (χ1) is 13.7. The van der Waals surface area contributed by atoms with Gasteiger partial charge < -0.3 is 5.32 Å². The second-order valence-electron chi connectivity index (χ2n) is 6.72. The molecule has 1 N–H and O–H groups in total. The minimum absolute atomic E-state index is 0.166. The minimum atomic E-state index is -3.74. The number of aryl methyl sites for hydroxylation is 2. The zero-order chi connectivity index (χ0) is 21.2. The third-order valence-corrected chi connectivity index (χ3v) is 6.75. The summed E-state index contributed by atoms with van der Waals surface area (Å²) in [7, 11) is -2.29. The lowest BCUT2D eigenvalue weighted by Gasteiger charge is -2.20. The molecule has 0 saturated heterocycles. The van der Waals surface area contributed by atoms with Gasteiger partial charge in [-0.15, -0.1) is 0 Å². The molecule has 0 spiro atoms. The molecule has 0 aliphatic heterocycles. The Labute approximate surface area is 176 Å². The van der Waals surface area contributed by atoms with E-state index in [1.165, 1.54) is 19.2 Å². The van der Waals surface area contributed by atoms with Crippen LogP contribution in [0.25, 0.3) is 0 Å². The molecule has 0 atom stereocenters. The molecular formula is C22H21ClN2O3S. The molecule has 0 unspecified atom stereocenters. The van der Waals surface area contributed by atoms with Crippen molar-refractivity contribution in [2.24, 2.45) is 0 Å². The van der Waals surface area contributed by atoms with Crippen LogP contribution in [0, 0.1) is 13.8 Å². The molecule has 3 rings (SSSR count). The number of nitrogens with one attached hydrogen (secondary N) is 1. The molecule has 0 saturated carbocycles. The van der Waals surface area contributed by atoms with Crippen molar-refractivity contribution in [1.82, 2.24) is 0 Å². The Hall–Kier alpha value is -2.83. The van der Waals surface area contributed by atoms with Crippen LogP contribution >= 0.6 is 11.6 Å². The SMILES string of the molecule is Cc1ccc(S(=O)(=O)N(C)c2ccc(C(=O)Nc3ccccc3C)c(Cl)c2)cc1. The lowest BCUT2D eigenvalue weighted by atomic mass is 10.1. The van der Waals surface area contributed by atoms with Gasteiger partial charge in [-0.3, -0.25) is 9.10 Å². The number of para-hydroxylation sites is 1. The van der Waals surface area contributed by atoms with E-state index in [0.717, 1.165) is 15.4 Å². The quantitative estimate of drug-likeness (QED) is 0.619. The number of hydrogen-bond donors (Lipinski definition) is 1. The summed E-state index contributed by atoms with van der Waals surface area (Å²) in [5.41, 5.74) is 3.22. The Morgan fingerprint density at radius 2 is 1.62 bits per heavy atom. The molecule has 29 heavy (non-hydrogen) atoms. The Balaban J connectivity index is 1.86. The number of halogens is 1. The zero-order valence-electron chi connectivity index (χ0n) is 16.3. The van der Waals surface area contributed by atoms with Crippen molar-refractivity contribution >= 4 is 38.9 Å². The van der Waals surface area contributed by atoms with Gasteiger partial charge in [0, 0.05) is 12.7 Å². The third-order valence-electron chi connectivity index (χ3n) is 4.63. The van der Waals surface area contributed by atoms with Crippen LogP contribution in [0.5, 0.6) is 0 Å². The number of carbonyl (C=O) groups excluding carboxylic acids is 1. The Bertz CT molecular complexity index is 1160. The number of nitrogens with zero attached hydrogens (tertiary/aromatic N) is 1. The van der Waals surface area contributed by atoms with Crippen LogP contribution in [0.3, 0.4) is 0 Å². The van der Waals surface area contributed by atoms with Gasteiger partial charge in [0.2, 0.25) is 0 Å². The molecule has 150 valence electrons. The first kappa shape index (κ1) is 20.9. The fraction of sp³-hybridized carbons (Fsp3) is 0.136. The van der Waals surface area contributed by atoms with E-state index >= 15 is 0 Å². The van der Waals surface area contributed by atoms with E-state index in [4.69, 9.17) is 11.6 Å². The lowest BCUT2D eigenvalue weighted by Crippen LogP contribution is -2.26. The number of benzene rings is 3. The molecular weight excluding hydrogens is 408 g/mol. The summed E-state index contributed by atoms with van der Waals surface area (Å²) in [6, 6.07) is 18.6. The summed E-state index contributed by atoms with van der Waals surface area (Å²) in [4.78, 5) is 12.8. The summed E-state index contributed by atoms with van der Waals surface area (Å²) in [5.74, 6) is -0.361. The van der Waals surface area contributed by atoms with Crippen LogP contribution in [0.1, 0.15) is 21.5 Å². The van der Waals surface area contributed by atoms with E-state index in [2.05, 4.69) is 5.32 Å². The Morgan fingerprint density at radius 3 is 2.24 bits per heavy atom. The fourth-order valence-electron chi connectivity index (χ4n) is 2.79. The van der Waals surface area contributed by atoms with E-state index in [-0.39, 0.29) is 21.4 Å². The maximum atomic E-state index is 12.9. The number of sulfonamides is 1. The maximum absolute atomic E-state index is 12.9. The van der Waals surface area contributed by atoms with Gasteiger partial charge in [0.05, 0.1) is 21.2 Å². The van der Waals surface area contributed by atoms with Crippen LogP contribution in [0.4, 0.5) is 11.4 Å². The van der Waals surface area contributed by atoms with E-state index in [1.807, 2.05) is 32.0 Å². The van der Waals surface area contributed by atoms with E-state index in [9.17, 15) is 13.2 Å². The summed E-state index contributed by atoms with van der Waals surface area (Å²) in [5, 5.41) is 2.99. The average molecular weight is 429 g/mol. The number of hydrogen-bond acceptors (Lipinski definition) is 3. The summed E-state index contributed by atoms with van der Waals surface area (Å²) < 4.78 is 26.9. The van der Waals surface area contributed by atoms with Gasteiger partial charge in [0.15, 0.2) is 0 Å². The van der Waals surface area contributed by atoms with E-state index in [0.29, 0.717) is 11.4 Å². The molecule has 0 bridgehead atoms. The van der Waals surface area contributed by atoms with E-state index in [1.54, 1.807) is 36.4 Å². The number of rotatable bonds is 5. The normalized spacial score (nSPS) is 11.2. The largest absolute Gasteiger partial charge is 0.322 e. The molecule has 0 aromatic heterocycles. The topological polar surface area (TPSA) is 66.5 Å². The van der Waals surface area contributed by atoms with Gasteiger partial charge in [0.25, 0.3) is 15.9 Å². The number of carbonyl (C=O) groups is 1. The van der Waals surface area contributed by atoms with Gasteiger partial charge >= 0.3 is 0 Å². The molecule has 3 aromatic rings. The molecule has 0 fully saturated rings. The van der Waals surface area contributed by atoms with Crippen molar-refractivity contribution in [2.75, 3.05) is 16.7 Å². The summed E-state index contributed by atoms with van der Waals surface area (Å²) in [6.07, 6.45) is 0. The highest BCUT2D eigenvalue weighted by Crippen LogP contribution is 2.28. The second kappa shape index (κ2) is 8.27. The molecule has 0 radical (unpaired) electrons. The average Bonchev–Trinajstić information content (AvgIpc) is 2.69. The minimum Gasteiger partial charge on any atom is -0.322 e. The first-order valence-electron chi connectivity index (χ1n) is 8.92. The summed E-state index contributed by atoms with van der Waals surface area (Å²) in [6.45, 7) is 3.78. The third kappa shape index (κ3) is 4.44. The van der Waals surface area contributed by atoms with Crippen molar-refractivity contribution in [2.45, 2.75) is 18.7 Å². The zero-order valence-corrected chi connectivity index (χ0v) is 17.9. The maximum Gasteiger partial charge on any atom is 0.264 e. The van der Waals surface area contributed by atoms with Gasteiger partial charge in [-0.05, 0) is 55.8 Å². The van der Waals surface area contributed by atoms with Crippen LogP contribution in [-0.2, 0) is 10.0 Å². The number of anilines is 2. The van der Waals surface area contributed by atoms with Crippen molar-refractivity contribution in [1.29, 1.82) is 0 Å². The molecule has 3 aromatic carbocycles. The molecule has 1 amide bonds. The van der Waals surface area contributed by atoms with Crippen molar-refractivity contribution in [3.05, 3.63) is 88.4 Å². The van der Waals surface area contributed by atoms with Gasteiger partial charge in [-0.25, -0.2) is 8.42 Å². The summed E-state index contributed by atoms with van der Waals surface area (Å²) >= 11 is 6.31. The van der Waals surface area contributed by atoms with Crippen molar-refractivity contribution < 1.29 is 13.2 Å². The molecule has 7 heteroatoms. The molecule has 0 aliphatic carbocycles. The molecule has 5 nitrogen and oxygen atoms in total. The van der Waals surface area contributed by atoms with Gasteiger partial charge in [-0.1, -0.05) is 47.5 Å². The first-order valence-corrected chi connectivity index (χ1v) is 10.7. The standard InChI is InChI=1S/C22H21ClN2O3S/c1-15-8-11-18(12-9-15)29(27,28)25(3)17-10-13-19(20(23)14-17)22(26)24-21-7-5-4-6-16(21)2/h4-14H,1-3H3,(H,24,26). The smallest absolute Gasteiger partial charge is 0.264 e. The van der Waals surface area contributed by atoms with Crippen LogP contribution in [0.2, 0.25) is 5.02 Å². The Morgan fingerprint density at radius 1 is 0.966 bits per heavy atom. The molecule has 0 heterocycles. The second-order valence-corrected chi connectivity index (χ2v) is 9.10. The highest BCUT2D eigenvalue weighted by atomic mass is 35.5. The van der Waals surface area contributed by atoms with Crippen LogP contribution in [-0.4, -0.2) is 21.4 Å². The number of amides is 1. The highest BCUT2D eigenvalue weighted by molar-refractivity contribution is 7.92. The highest BCUT2D eigenvalue weighted by Gasteiger charge is 2.22. The van der Waals surface area contributed by atoms with Gasteiger partial charge in [0.1, 0.15) is 0 Å². The Kier molecular flexibility index (Phi) is 5.96. The fourth-order valence-corrected chi connectivity index (χ4v) is 4.24. The van der Waals surface area contributed by atoms with Gasteiger partial charge in [-0.2, -0.15) is 0 Å². The monoisotopic (exact) mass is 428 g/mol. The molecule has 0 aliphatic rings. The van der Waals surface area contributed by atoms with Crippen LogP contribution < -0.4 is 9.62 Å².